The van der Waals surface area contributed by atoms with E-state index in [2.05, 4.69) is 15.3 Å². The Morgan fingerprint density at radius 2 is 2.18 bits per heavy atom. The molecule has 4 nitrogen and oxygen atoms in total. The third kappa shape index (κ3) is 4.17. The van der Waals surface area contributed by atoms with E-state index in [4.69, 9.17) is 11.6 Å². The number of thioether (sulfide) groups is 1. The summed E-state index contributed by atoms with van der Waals surface area (Å²) in [5.74, 6) is 1.13. The number of aromatic nitrogens is 2. The second-order valence-corrected chi connectivity index (χ2v) is 7.20. The molecule has 1 aromatic carbocycles. The molecule has 0 atom stereocenters. The minimum atomic E-state index is 0.0778. The lowest BCUT2D eigenvalue weighted by atomic mass is 9.89. The topological polar surface area (TPSA) is 57.8 Å². The van der Waals surface area contributed by atoms with Gasteiger partial charge in [-0.3, -0.25) is 4.79 Å². The maximum absolute atomic E-state index is 11.9. The van der Waals surface area contributed by atoms with Crippen LogP contribution >= 0.6 is 23.4 Å². The Hall–Kier alpha value is -1.20. The monoisotopic (exact) mass is 337 g/mol. The minimum absolute atomic E-state index is 0.0778. The van der Waals surface area contributed by atoms with Crippen LogP contribution in [0.3, 0.4) is 0 Å². The average Bonchev–Trinajstić information content (AvgIpc) is 2.94. The molecule has 1 aromatic heterocycles. The summed E-state index contributed by atoms with van der Waals surface area (Å²) in [7, 11) is 0. The fraction of sp³-hybridized carbons (Fsp3) is 0.500. The first-order valence-electron chi connectivity index (χ1n) is 7.75. The van der Waals surface area contributed by atoms with Crippen LogP contribution in [-0.2, 0) is 4.79 Å². The maximum Gasteiger partial charge on any atom is 0.230 e. The molecule has 0 aliphatic heterocycles. The van der Waals surface area contributed by atoms with Gasteiger partial charge in [0.1, 0.15) is 0 Å². The molecule has 0 radical (unpaired) electrons. The van der Waals surface area contributed by atoms with Gasteiger partial charge in [-0.15, -0.1) is 0 Å². The van der Waals surface area contributed by atoms with E-state index in [0.717, 1.165) is 22.7 Å². The van der Waals surface area contributed by atoms with Gasteiger partial charge >= 0.3 is 0 Å². The molecular formula is C16H20ClN3OS. The number of nitrogens with zero attached hydrogens (tertiary/aromatic N) is 1. The van der Waals surface area contributed by atoms with Gasteiger partial charge < -0.3 is 10.3 Å². The summed E-state index contributed by atoms with van der Waals surface area (Å²) in [6, 6.07) is 5.54. The van der Waals surface area contributed by atoms with Crippen molar-refractivity contribution in [2.24, 2.45) is 5.92 Å². The van der Waals surface area contributed by atoms with Gasteiger partial charge in [0.15, 0.2) is 5.16 Å². The van der Waals surface area contributed by atoms with Crippen LogP contribution in [0.5, 0.6) is 0 Å². The number of H-pyrrole nitrogens is 1. The molecule has 22 heavy (non-hydrogen) atoms. The molecule has 6 heteroatoms. The predicted molar refractivity (Wildman–Crippen MR) is 91.4 cm³/mol. The molecular weight excluding hydrogens is 318 g/mol. The largest absolute Gasteiger partial charge is 0.355 e. The summed E-state index contributed by atoms with van der Waals surface area (Å²) in [4.78, 5) is 19.6. The fourth-order valence-corrected chi connectivity index (χ4v) is 3.75. The summed E-state index contributed by atoms with van der Waals surface area (Å²) in [6.07, 6.45) is 6.44. The van der Waals surface area contributed by atoms with Gasteiger partial charge in [-0.05, 0) is 37.0 Å². The summed E-state index contributed by atoms with van der Waals surface area (Å²) >= 11 is 7.38. The van der Waals surface area contributed by atoms with Crippen molar-refractivity contribution in [1.29, 1.82) is 0 Å². The van der Waals surface area contributed by atoms with Crippen molar-refractivity contribution in [3.63, 3.8) is 0 Å². The number of hydrogen-bond donors (Lipinski definition) is 2. The molecule has 118 valence electrons. The zero-order valence-corrected chi connectivity index (χ0v) is 14.0. The van der Waals surface area contributed by atoms with Gasteiger partial charge in [-0.2, -0.15) is 0 Å². The normalized spacial score (nSPS) is 16.0. The molecule has 1 fully saturated rings. The van der Waals surface area contributed by atoms with Gasteiger partial charge in [-0.25, -0.2) is 4.98 Å². The van der Waals surface area contributed by atoms with Crippen molar-refractivity contribution in [2.75, 3.05) is 12.3 Å². The summed E-state index contributed by atoms with van der Waals surface area (Å²) in [5, 5.41) is 4.48. The number of rotatable bonds is 5. The Balaban J connectivity index is 1.47. The van der Waals surface area contributed by atoms with E-state index in [1.807, 2.05) is 18.2 Å². The van der Waals surface area contributed by atoms with E-state index in [0.29, 0.717) is 16.7 Å². The lowest BCUT2D eigenvalue weighted by molar-refractivity contribution is -0.118. The molecule has 2 aromatic rings. The Labute approximate surface area is 139 Å². The molecule has 1 aliphatic rings. The minimum Gasteiger partial charge on any atom is -0.355 e. The van der Waals surface area contributed by atoms with Gasteiger partial charge in [0.05, 0.1) is 16.8 Å². The highest BCUT2D eigenvalue weighted by Gasteiger charge is 2.14. The predicted octanol–water partition coefficient (Wildman–Crippen LogP) is 4.00. The first-order valence-corrected chi connectivity index (χ1v) is 9.12. The second-order valence-electron chi connectivity index (χ2n) is 5.80. The van der Waals surface area contributed by atoms with Crippen LogP contribution in [0.15, 0.2) is 23.4 Å². The third-order valence-corrected chi connectivity index (χ3v) is 5.18. The molecule has 0 spiro atoms. The van der Waals surface area contributed by atoms with Crippen LogP contribution in [0.1, 0.15) is 32.1 Å². The highest BCUT2D eigenvalue weighted by molar-refractivity contribution is 7.99. The Morgan fingerprint density at radius 1 is 1.36 bits per heavy atom. The molecule has 0 bridgehead atoms. The Bertz CT molecular complexity index is 652. The van der Waals surface area contributed by atoms with Crippen LogP contribution < -0.4 is 5.32 Å². The van der Waals surface area contributed by atoms with Crippen LogP contribution in [0, 0.1) is 5.92 Å². The number of benzene rings is 1. The third-order valence-electron chi connectivity index (χ3n) is 4.07. The maximum atomic E-state index is 11.9. The molecule has 2 N–H and O–H groups in total. The first-order chi connectivity index (χ1) is 10.7. The highest BCUT2D eigenvalue weighted by Crippen LogP contribution is 2.23. The number of fused-ring (bicyclic) bond motifs is 1. The van der Waals surface area contributed by atoms with Crippen LogP contribution in [-0.4, -0.2) is 28.2 Å². The Kier molecular flexibility index (Phi) is 5.26. The molecule has 1 heterocycles. The number of aromatic amines is 1. The second kappa shape index (κ2) is 7.38. The molecule has 3 rings (SSSR count). The average molecular weight is 338 g/mol. The standard InChI is InChI=1S/C16H20ClN3OS/c17-12-6-7-13-14(8-12)20-16(19-13)22-10-15(21)18-9-11-4-2-1-3-5-11/h6-8,11H,1-5,9-10H2,(H,18,21)(H,19,20). The summed E-state index contributed by atoms with van der Waals surface area (Å²) in [5.41, 5.74) is 1.77. The van der Waals surface area contributed by atoms with Gasteiger partial charge in [0.2, 0.25) is 5.91 Å². The zero-order chi connectivity index (χ0) is 15.4. The van der Waals surface area contributed by atoms with E-state index in [1.165, 1.54) is 43.9 Å². The number of carbonyl (C=O) groups is 1. The molecule has 1 aliphatic carbocycles. The van der Waals surface area contributed by atoms with Gasteiger partial charge in [-0.1, -0.05) is 42.6 Å². The van der Waals surface area contributed by atoms with Crippen molar-refractivity contribution in [3.8, 4) is 0 Å². The number of carbonyl (C=O) groups excluding carboxylic acids is 1. The van der Waals surface area contributed by atoms with Crippen LogP contribution in [0.25, 0.3) is 11.0 Å². The SMILES string of the molecule is O=C(CSc1nc2ccc(Cl)cc2[nH]1)NCC1CCCCC1. The van der Waals surface area contributed by atoms with Crippen LogP contribution in [0.4, 0.5) is 0 Å². The fourth-order valence-electron chi connectivity index (χ4n) is 2.86. The van der Waals surface area contributed by atoms with Crippen molar-refractivity contribution in [3.05, 3.63) is 23.2 Å². The number of halogens is 1. The number of amides is 1. The van der Waals surface area contributed by atoms with E-state index >= 15 is 0 Å². The van der Waals surface area contributed by atoms with Crippen LogP contribution in [0.2, 0.25) is 5.02 Å². The Morgan fingerprint density at radius 3 is 3.00 bits per heavy atom. The van der Waals surface area contributed by atoms with Crippen molar-refractivity contribution in [1.82, 2.24) is 15.3 Å². The van der Waals surface area contributed by atoms with Crippen molar-refractivity contribution >= 4 is 40.3 Å². The van der Waals surface area contributed by atoms with E-state index in [-0.39, 0.29) is 5.91 Å². The molecule has 0 saturated heterocycles. The summed E-state index contributed by atoms with van der Waals surface area (Å²) in [6.45, 7) is 0.815. The van der Waals surface area contributed by atoms with E-state index < -0.39 is 0 Å². The van der Waals surface area contributed by atoms with E-state index in [1.54, 1.807) is 0 Å². The molecule has 0 unspecified atom stereocenters. The van der Waals surface area contributed by atoms with Gasteiger partial charge in [0.25, 0.3) is 0 Å². The number of nitrogens with one attached hydrogen (secondary N) is 2. The first kappa shape index (κ1) is 15.7. The number of hydrogen-bond acceptors (Lipinski definition) is 3. The highest BCUT2D eigenvalue weighted by atomic mass is 35.5. The lowest BCUT2D eigenvalue weighted by Crippen LogP contribution is -2.31. The van der Waals surface area contributed by atoms with E-state index in [9.17, 15) is 4.79 Å². The molecule has 1 saturated carbocycles. The van der Waals surface area contributed by atoms with Crippen molar-refractivity contribution in [2.45, 2.75) is 37.3 Å². The summed E-state index contributed by atoms with van der Waals surface area (Å²) < 4.78 is 0. The number of imidazole rings is 1. The smallest absolute Gasteiger partial charge is 0.230 e. The molecule has 1 amide bonds. The zero-order valence-electron chi connectivity index (χ0n) is 12.4. The lowest BCUT2D eigenvalue weighted by Gasteiger charge is -2.21. The quantitative estimate of drug-likeness (QED) is 0.810. The van der Waals surface area contributed by atoms with Gasteiger partial charge in [0, 0.05) is 11.6 Å². The van der Waals surface area contributed by atoms with Crippen molar-refractivity contribution < 1.29 is 4.79 Å².